The van der Waals surface area contributed by atoms with Crippen LogP contribution in [0.2, 0.25) is 0 Å². The van der Waals surface area contributed by atoms with Gasteiger partial charge in [-0.3, -0.25) is 0 Å². The fourth-order valence-electron chi connectivity index (χ4n) is 2.45. The summed E-state index contributed by atoms with van der Waals surface area (Å²) in [5.74, 6) is 0.616. The minimum atomic E-state index is -0.0603. The molecule has 1 heteroatoms. The van der Waals surface area contributed by atoms with Gasteiger partial charge >= 0.3 is 0 Å². The van der Waals surface area contributed by atoms with Crippen LogP contribution in [0.5, 0.6) is 0 Å². The van der Waals surface area contributed by atoms with Gasteiger partial charge in [0.1, 0.15) is 0 Å². The largest absolute Gasteiger partial charge is 0.321 e. The van der Waals surface area contributed by atoms with Crippen molar-refractivity contribution in [3.8, 4) is 11.1 Å². The highest BCUT2D eigenvalue weighted by molar-refractivity contribution is 5.63. The molecule has 86 valence electrons. The Hall–Kier alpha value is -1.60. The molecule has 1 fully saturated rings. The molecule has 1 aliphatic carbocycles. The van der Waals surface area contributed by atoms with Gasteiger partial charge in [0.15, 0.2) is 0 Å². The normalized spacial score (nSPS) is 26.8. The molecule has 0 saturated heterocycles. The van der Waals surface area contributed by atoms with E-state index < -0.39 is 0 Å². The van der Waals surface area contributed by atoms with E-state index >= 15 is 0 Å². The van der Waals surface area contributed by atoms with Gasteiger partial charge in [0.05, 0.1) is 0 Å². The molecule has 0 spiro atoms. The van der Waals surface area contributed by atoms with Gasteiger partial charge in [-0.2, -0.15) is 0 Å². The third-order valence-corrected chi connectivity index (χ3v) is 3.89. The first-order valence-electron chi connectivity index (χ1n) is 6.15. The Bertz CT molecular complexity index is 515. The average molecular weight is 223 g/mol. The molecule has 2 atom stereocenters. The third-order valence-electron chi connectivity index (χ3n) is 3.89. The molecule has 2 aromatic rings. The van der Waals surface area contributed by atoms with E-state index in [-0.39, 0.29) is 5.54 Å². The Morgan fingerprint density at radius 2 is 1.47 bits per heavy atom. The summed E-state index contributed by atoms with van der Waals surface area (Å²) >= 11 is 0. The predicted molar refractivity (Wildman–Crippen MR) is 71.5 cm³/mol. The highest BCUT2D eigenvalue weighted by atomic mass is 14.8. The monoisotopic (exact) mass is 223 g/mol. The van der Waals surface area contributed by atoms with Crippen LogP contribution in [0.15, 0.2) is 54.6 Å². The fourth-order valence-corrected chi connectivity index (χ4v) is 2.45. The van der Waals surface area contributed by atoms with Gasteiger partial charge < -0.3 is 5.73 Å². The fraction of sp³-hybridized carbons (Fsp3) is 0.250. The maximum atomic E-state index is 6.30. The predicted octanol–water partition coefficient (Wildman–Crippen LogP) is 3.55. The summed E-state index contributed by atoms with van der Waals surface area (Å²) in [4.78, 5) is 0. The number of rotatable bonds is 2. The van der Waals surface area contributed by atoms with Gasteiger partial charge in [0.2, 0.25) is 0 Å². The van der Waals surface area contributed by atoms with Crippen molar-refractivity contribution in [2.75, 3.05) is 0 Å². The second-order valence-electron chi connectivity index (χ2n) is 5.09. The summed E-state index contributed by atoms with van der Waals surface area (Å²) in [5, 5.41) is 0. The Morgan fingerprint density at radius 1 is 0.941 bits per heavy atom. The smallest absolute Gasteiger partial charge is 0.0439 e. The van der Waals surface area contributed by atoms with Crippen molar-refractivity contribution in [1.82, 2.24) is 0 Å². The van der Waals surface area contributed by atoms with Crippen LogP contribution in [0.1, 0.15) is 18.9 Å². The first kappa shape index (κ1) is 10.5. The van der Waals surface area contributed by atoms with Crippen LogP contribution in [0, 0.1) is 5.92 Å². The molecule has 0 aromatic heterocycles. The average Bonchev–Trinajstić information content (AvgIpc) is 3.00. The lowest BCUT2D eigenvalue weighted by molar-refractivity contribution is 0.665. The Kier molecular flexibility index (Phi) is 2.30. The molecule has 1 saturated carbocycles. The molecule has 1 aliphatic rings. The Labute approximate surface area is 102 Å². The summed E-state index contributed by atoms with van der Waals surface area (Å²) in [7, 11) is 0. The molecular formula is C16H17N. The van der Waals surface area contributed by atoms with Crippen LogP contribution < -0.4 is 5.73 Å². The van der Waals surface area contributed by atoms with Crippen molar-refractivity contribution in [3.05, 3.63) is 60.2 Å². The van der Waals surface area contributed by atoms with Crippen molar-refractivity contribution >= 4 is 0 Å². The summed E-state index contributed by atoms with van der Waals surface area (Å²) in [6.07, 6.45) is 1.11. The summed E-state index contributed by atoms with van der Waals surface area (Å²) in [6.45, 7) is 2.21. The summed E-state index contributed by atoms with van der Waals surface area (Å²) in [6, 6.07) is 19.1. The molecule has 3 rings (SSSR count). The lowest BCUT2D eigenvalue weighted by Gasteiger charge is -2.11. The molecule has 2 unspecified atom stereocenters. The zero-order valence-corrected chi connectivity index (χ0v) is 10.1. The quantitative estimate of drug-likeness (QED) is 0.828. The van der Waals surface area contributed by atoms with E-state index in [1.807, 2.05) is 6.07 Å². The van der Waals surface area contributed by atoms with Crippen LogP contribution >= 0.6 is 0 Å². The van der Waals surface area contributed by atoms with Crippen molar-refractivity contribution in [3.63, 3.8) is 0 Å². The van der Waals surface area contributed by atoms with E-state index in [0.29, 0.717) is 5.92 Å². The molecule has 0 heterocycles. The van der Waals surface area contributed by atoms with Gasteiger partial charge in [-0.05, 0) is 29.0 Å². The molecule has 2 aromatic carbocycles. The molecule has 0 radical (unpaired) electrons. The lowest BCUT2D eigenvalue weighted by Crippen LogP contribution is -2.21. The molecule has 0 aliphatic heterocycles. The Morgan fingerprint density at radius 3 is 2.00 bits per heavy atom. The third kappa shape index (κ3) is 1.77. The highest BCUT2D eigenvalue weighted by Gasteiger charge is 2.48. The van der Waals surface area contributed by atoms with E-state index in [1.54, 1.807) is 0 Å². The molecular weight excluding hydrogens is 206 g/mol. The number of hydrogen-bond acceptors (Lipinski definition) is 1. The highest BCUT2D eigenvalue weighted by Crippen LogP contribution is 2.49. The number of nitrogens with two attached hydrogens (primary N) is 1. The van der Waals surface area contributed by atoms with E-state index in [0.717, 1.165) is 6.42 Å². The lowest BCUT2D eigenvalue weighted by atomic mass is 9.99. The van der Waals surface area contributed by atoms with Crippen molar-refractivity contribution in [2.24, 2.45) is 11.7 Å². The van der Waals surface area contributed by atoms with Gasteiger partial charge in [-0.15, -0.1) is 0 Å². The minimum Gasteiger partial charge on any atom is -0.321 e. The van der Waals surface area contributed by atoms with Crippen LogP contribution in [0.25, 0.3) is 11.1 Å². The first-order chi connectivity index (χ1) is 8.20. The Balaban J connectivity index is 1.91. The van der Waals surface area contributed by atoms with E-state index in [4.69, 9.17) is 5.73 Å². The molecule has 0 bridgehead atoms. The summed E-state index contributed by atoms with van der Waals surface area (Å²) in [5.41, 5.74) is 10.0. The molecule has 0 amide bonds. The molecule has 2 N–H and O–H groups in total. The topological polar surface area (TPSA) is 26.0 Å². The number of hydrogen-bond donors (Lipinski definition) is 1. The second kappa shape index (κ2) is 3.71. The first-order valence-corrected chi connectivity index (χ1v) is 6.15. The van der Waals surface area contributed by atoms with E-state index in [2.05, 4.69) is 55.5 Å². The standard InChI is InChI=1S/C16H17N/c1-12-11-16(12,17)15-9-7-14(8-10-15)13-5-3-2-4-6-13/h2-10,12H,11,17H2,1H3. The van der Waals surface area contributed by atoms with Crippen LogP contribution in [0.3, 0.4) is 0 Å². The summed E-state index contributed by atoms with van der Waals surface area (Å²) < 4.78 is 0. The van der Waals surface area contributed by atoms with Gasteiger partial charge in [0.25, 0.3) is 0 Å². The van der Waals surface area contributed by atoms with Crippen molar-refractivity contribution in [1.29, 1.82) is 0 Å². The van der Waals surface area contributed by atoms with Gasteiger partial charge in [-0.1, -0.05) is 61.5 Å². The van der Waals surface area contributed by atoms with Gasteiger partial charge in [0, 0.05) is 5.54 Å². The number of benzene rings is 2. The van der Waals surface area contributed by atoms with Crippen molar-refractivity contribution in [2.45, 2.75) is 18.9 Å². The van der Waals surface area contributed by atoms with Crippen LogP contribution in [-0.2, 0) is 5.54 Å². The zero-order chi connectivity index (χ0) is 11.9. The van der Waals surface area contributed by atoms with Crippen molar-refractivity contribution < 1.29 is 0 Å². The minimum absolute atomic E-state index is 0.0603. The SMILES string of the molecule is CC1CC1(N)c1ccc(-c2ccccc2)cc1. The van der Waals surface area contributed by atoms with E-state index in [9.17, 15) is 0 Å². The molecule has 17 heavy (non-hydrogen) atoms. The van der Waals surface area contributed by atoms with Crippen LogP contribution in [-0.4, -0.2) is 0 Å². The van der Waals surface area contributed by atoms with Crippen LogP contribution in [0.4, 0.5) is 0 Å². The molecule has 1 nitrogen and oxygen atoms in total. The maximum Gasteiger partial charge on any atom is 0.0439 e. The van der Waals surface area contributed by atoms with Gasteiger partial charge in [-0.25, -0.2) is 0 Å². The van der Waals surface area contributed by atoms with E-state index in [1.165, 1.54) is 16.7 Å². The zero-order valence-electron chi connectivity index (χ0n) is 10.1. The second-order valence-corrected chi connectivity index (χ2v) is 5.09. The maximum absolute atomic E-state index is 6.30.